The van der Waals surface area contributed by atoms with E-state index >= 15 is 0 Å². The molecule has 0 spiro atoms. The average molecular weight is 766 g/mol. The maximum atomic E-state index is 12.1. The molecule has 0 bridgehead atoms. The monoisotopic (exact) mass is 766 g/mol. The van der Waals surface area contributed by atoms with Crippen LogP contribution in [-0.4, -0.2) is 80.3 Å². The second kappa shape index (κ2) is 43.9. The van der Waals surface area contributed by atoms with Crippen molar-refractivity contribution in [3.63, 3.8) is 0 Å². The Morgan fingerprint density at radius 2 is 0.611 bits per heavy atom. The van der Waals surface area contributed by atoms with Crippen molar-refractivity contribution in [2.24, 2.45) is 0 Å². The number of rotatable bonds is 44. The first-order chi connectivity index (χ1) is 26.5. The predicted octanol–water partition coefficient (Wildman–Crippen LogP) is 10.9. The predicted molar refractivity (Wildman–Crippen MR) is 230 cm³/mol. The van der Waals surface area contributed by atoms with Crippen molar-refractivity contribution >= 4 is 17.9 Å². The summed E-state index contributed by atoms with van der Waals surface area (Å²) < 4.78 is 0. The zero-order valence-corrected chi connectivity index (χ0v) is 35.9. The molecule has 0 unspecified atom stereocenters. The number of hydrogen-bond donors (Lipinski definition) is 5. The van der Waals surface area contributed by atoms with Crippen LogP contribution in [0.25, 0.3) is 0 Å². The Morgan fingerprint density at radius 1 is 0.370 bits per heavy atom. The van der Waals surface area contributed by atoms with Crippen LogP contribution in [-0.2, 0) is 9.59 Å². The standard InChI is InChI=1S/C45H91N5O4/c1-3-5-7-9-11-13-15-17-19-21-23-25-27-29-31-33-35-48-43(51)41-46-37-39-50(45(53)54)40-38-47-42-44(52)49-36-34-32-30-28-26-24-22-20-18-16-14-12-10-8-6-4-2/h46-47H,3-42H2,1-2H3,(H,48,51)(H,49,52)(H,53,54). The van der Waals surface area contributed by atoms with Crippen molar-refractivity contribution in [2.75, 3.05) is 52.4 Å². The van der Waals surface area contributed by atoms with E-state index in [1.807, 2.05) is 0 Å². The molecule has 320 valence electrons. The molecule has 0 rings (SSSR count). The molecule has 0 saturated heterocycles. The van der Waals surface area contributed by atoms with Gasteiger partial charge in [0.1, 0.15) is 0 Å². The maximum absolute atomic E-state index is 12.1. The number of carbonyl (C=O) groups excluding carboxylic acids is 2. The van der Waals surface area contributed by atoms with Crippen LogP contribution < -0.4 is 21.3 Å². The third kappa shape index (κ3) is 41.3. The van der Waals surface area contributed by atoms with Gasteiger partial charge in [0, 0.05) is 39.3 Å². The van der Waals surface area contributed by atoms with Crippen molar-refractivity contribution in [3.05, 3.63) is 0 Å². The fraction of sp³-hybridized carbons (Fsp3) is 0.933. The summed E-state index contributed by atoms with van der Waals surface area (Å²) in [7, 11) is 0. The van der Waals surface area contributed by atoms with Gasteiger partial charge in [-0.3, -0.25) is 9.59 Å². The fourth-order valence-corrected chi connectivity index (χ4v) is 7.06. The van der Waals surface area contributed by atoms with Crippen molar-refractivity contribution in [3.8, 4) is 0 Å². The van der Waals surface area contributed by atoms with Gasteiger partial charge >= 0.3 is 6.09 Å². The van der Waals surface area contributed by atoms with E-state index in [0.717, 1.165) is 25.7 Å². The number of carbonyl (C=O) groups is 3. The van der Waals surface area contributed by atoms with Crippen LogP contribution in [0.5, 0.6) is 0 Å². The molecule has 5 N–H and O–H groups in total. The molecule has 0 aliphatic carbocycles. The van der Waals surface area contributed by atoms with Crippen molar-refractivity contribution < 1.29 is 19.5 Å². The lowest BCUT2D eigenvalue weighted by Crippen LogP contribution is -2.43. The Morgan fingerprint density at radius 3 is 0.852 bits per heavy atom. The molecule has 9 nitrogen and oxygen atoms in total. The molecular weight excluding hydrogens is 675 g/mol. The third-order valence-electron chi connectivity index (χ3n) is 10.7. The summed E-state index contributed by atoms with van der Waals surface area (Å²) in [6, 6.07) is 0. The van der Waals surface area contributed by atoms with Gasteiger partial charge < -0.3 is 31.3 Å². The molecule has 0 aromatic rings. The summed E-state index contributed by atoms with van der Waals surface area (Å²) >= 11 is 0. The van der Waals surface area contributed by atoms with Gasteiger partial charge in [0.15, 0.2) is 0 Å². The summed E-state index contributed by atoms with van der Waals surface area (Å²) in [5.41, 5.74) is 0. The minimum Gasteiger partial charge on any atom is -0.465 e. The van der Waals surface area contributed by atoms with E-state index in [4.69, 9.17) is 0 Å². The first-order valence-corrected chi connectivity index (χ1v) is 23.4. The van der Waals surface area contributed by atoms with Crippen LogP contribution in [0.1, 0.15) is 219 Å². The maximum Gasteiger partial charge on any atom is 0.407 e. The van der Waals surface area contributed by atoms with Gasteiger partial charge in [-0.1, -0.05) is 206 Å². The molecule has 3 amide bonds. The number of nitrogens with zero attached hydrogens (tertiary/aromatic N) is 1. The van der Waals surface area contributed by atoms with E-state index in [0.29, 0.717) is 26.2 Å². The fourth-order valence-electron chi connectivity index (χ4n) is 7.06. The van der Waals surface area contributed by atoms with Gasteiger partial charge in [-0.05, 0) is 12.8 Å². The second-order valence-electron chi connectivity index (χ2n) is 15.9. The highest BCUT2D eigenvalue weighted by molar-refractivity contribution is 5.78. The SMILES string of the molecule is CCCCCCCCCCCCCCCCCCNC(=O)CNCCN(CCNCC(=O)NCCCCCCCCCCCCCCCCCC)C(=O)O. The van der Waals surface area contributed by atoms with Gasteiger partial charge in [0.05, 0.1) is 13.1 Å². The second-order valence-corrected chi connectivity index (χ2v) is 15.9. The van der Waals surface area contributed by atoms with E-state index in [-0.39, 0.29) is 38.0 Å². The average Bonchev–Trinajstić information content (AvgIpc) is 3.16. The minimum atomic E-state index is -1.00. The summed E-state index contributed by atoms with van der Waals surface area (Å²) in [6.07, 6.45) is 41.6. The molecule has 0 radical (unpaired) electrons. The highest BCUT2D eigenvalue weighted by Crippen LogP contribution is 2.15. The zero-order valence-electron chi connectivity index (χ0n) is 35.9. The van der Waals surface area contributed by atoms with E-state index in [1.165, 1.54) is 185 Å². The first-order valence-electron chi connectivity index (χ1n) is 23.4. The molecule has 0 aliphatic heterocycles. The van der Waals surface area contributed by atoms with Gasteiger partial charge in [0.25, 0.3) is 0 Å². The van der Waals surface area contributed by atoms with Crippen LogP contribution in [0, 0.1) is 0 Å². The summed E-state index contributed by atoms with van der Waals surface area (Å²) in [5.74, 6) is -0.102. The van der Waals surface area contributed by atoms with Gasteiger partial charge in [-0.15, -0.1) is 0 Å². The molecule has 0 saturated carbocycles. The van der Waals surface area contributed by atoms with Crippen LogP contribution in [0.3, 0.4) is 0 Å². The quantitative estimate of drug-likeness (QED) is 0.0394. The molecule has 0 atom stereocenters. The van der Waals surface area contributed by atoms with Crippen molar-refractivity contribution in [1.82, 2.24) is 26.2 Å². The van der Waals surface area contributed by atoms with E-state index in [1.54, 1.807) is 0 Å². The normalized spacial score (nSPS) is 11.2. The Hall–Kier alpha value is -1.87. The third-order valence-corrected chi connectivity index (χ3v) is 10.7. The van der Waals surface area contributed by atoms with E-state index in [9.17, 15) is 19.5 Å². The van der Waals surface area contributed by atoms with Gasteiger partial charge in [0.2, 0.25) is 11.8 Å². The highest BCUT2D eigenvalue weighted by Gasteiger charge is 2.11. The summed E-state index contributed by atoms with van der Waals surface area (Å²) in [4.78, 5) is 37.2. The van der Waals surface area contributed by atoms with E-state index < -0.39 is 6.09 Å². The molecule has 54 heavy (non-hydrogen) atoms. The van der Waals surface area contributed by atoms with Crippen LogP contribution in [0.4, 0.5) is 4.79 Å². The molecular formula is C45H91N5O4. The Kier molecular flexibility index (Phi) is 42.3. The molecule has 9 heteroatoms. The van der Waals surface area contributed by atoms with Gasteiger partial charge in [-0.2, -0.15) is 0 Å². The molecule has 0 fully saturated rings. The highest BCUT2D eigenvalue weighted by atomic mass is 16.4. The Balaban J connectivity index is 3.52. The summed E-state index contributed by atoms with van der Waals surface area (Å²) in [6.45, 7) is 7.68. The lowest BCUT2D eigenvalue weighted by atomic mass is 10.0. The number of carboxylic acid groups (broad SMARTS) is 1. The minimum absolute atomic E-state index is 0.0508. The van der Waals surface area contributed by atoms with Crippen LogP contribution >= 0.6 is 0 Å². The van der Waals surface area contributed by atoms with Crippen molar-refractivity contribution in [2.45, 2.75) is 219 Å². The van der Waals surface area contributed by atoms with E-state index in [2.05, 4.69) is 35.1 Å². The van der Waals surface area contributed by atoms with Crippen LogP contribution in [0.2, 0.25) is 0 Å². The summed E-state index contributed by atoms with van der Waals surface area (Å²) in [5, 5.41) is 21.6. The smallest absolute Gasteiger partial charge is 0.407 e. The molecule has 0 aliphatic rings. The Labute approximate surface area is 334 Å². The first kappa shape index (κ1) is 52.1. The van der Waals surface area contributed by atoms with Crippen molar-refractivity contribution in [1.29, 1.82) is 0 Å². The molecule has 0 aromatic carbocycles. The molecule has 0 aromatic heterocycles. The zero-order chi connectivity index (χ0) is 39.4. The molecule has 0 heterocycles. The van der Waals surface area contributed by atoms with Gasteiger partial charge in [-0.25, -0.2) is 4.79 Å². The Bertz CT molecular complexity index is 757. The lowest BCUT2D eigenvalue weighted by molar-refractivity contribution is -0.121. The van der Waals surface area contributed by atoms with Crippen LogP contribution in [0.15, 0.2) is 0 Å². The lowest BCUT2D eigenvalue weighted by Gasteiger charge is -2.19. The number of nitrogens with one attached hydrogen (secondary N) is 4. The largest absolute Gasteiger partial charge is 0.465 e. The number of amides is 3. The topological polar surface area (TPSA) is 123 Å². The number of hydrogen-bond acceptors (Lipinski definition) is 5. The number of unbranched alkanes of at least 4 members (excludes halogenated alkanes) is 30.